The van der Waals surface area contributed by atoms with Crippen LogP contribution in [-0.2, 0) is 18.5 Å². The number of aromatic nitrogens is 1. The quantitative estimate of drug-likeness (QED) is 0.306. The SMILES string of the molecule is CCNC(=NCc1c(Cl)cccc1N1CCN(C)CC1)NCc1ncc(C(C)(C)C)o1.I. The summed E-state index contributed by atoms with van der Waals surface area (Å²) in [4.78, 5) is 13.9. The zero-order chi connectivity index (χ0) is 22.4. The van der Waals surface area contributed by atoms with Gasteiger partial charge in [-0.2, -0.15) is 0 Å². The number of anilines is 1. The zero-order valence-electron chi connectivity index (χ0n) is 19.7. The summed E-state index contributed by atoms with van der Waals surface area (Å²) in [6, 6.07) is 6.10. The van der Waals surface area contributed by atoms with Crippen molar-refractivity contribution < 1.29 is 4.42 Å². The number of halogens is 2. The van der Waals surface area contributed by atoms with Crippen molar-refractivity contribution in [3.05, 3.63) is 46.6 Å². The second-order valence-corrected chi connectivity index (χ2v) is 9.35. The zero-order valence-corrected chi connectivity index (χ0v) is 22.8. The molecule has 0 unspecified atom stereocenters. The number of rotatable bonds is 6. The number of aliphatic imine (C=N–C) groups is 1. The number of benzene rings is 1. The Kier molecular flexibility index (Phi) is 10.1. The fourth-order valence-corrected chi connectivity index (χ4v) is 3.67. The third-order valence-corrected chi connectivity index (χ3v) is 5.73. The van der Waals surface area contributed by atoms with E-state index in [0.717, 1.165) is 49.1 Å². The number of nitrogens with one attached hydrogen (secondary N) is 2. The molecule has 1 saturated heterocycles. The number of hydrogen-bond donors (Lipinski definition) is 2. The molecule has 2 N–H and O–H groups in total. The summed E-state index contributed by atoms with van der Waals surface area (Å²) in [5.74, 6) is 2.23. The Balaban J connectivity index is 0.00000363. The molecule has 1 fully saturated rings. The fraction of sp³-hybridized carbons (Fsp3) is 0.565. The van der Waals surface area contributed by atoms with Gasteiger partial charge >= 0.3 is 0 Å². The number of piperazine rings is 1. The van der Waals surface area contributed by atoms with E-state index in [-0.39, 0.29) is 29.4 Å². The first-order valence-electron chi connectivity index (χ1n) is 11.0. The number of oxazole rings is 1. The molecule has 0 bridgehead atoms. The highest BCUT2D eigenvalue weighted by Gasteiger charge is 2.20. The molecular weight excluding hydrogens is 539 g/mol. The summed E-state index contributed by atoms with van der Waals surface area (Å²) in [6.07, 6.45) is 1.80. The standard InChI is InChI=1S/C23H35ClN6O.HI/c1-6-25-22(28-16-21-26-15-20(31-21)23(2,3)4)27-14-17-18(24)8-7-9-19(17)30-12-10-29(5)11-13-30;/h7-9,15H,6,10-14,16H2,1-5H3,(H2,25,27,28);1H. The maximum Gasteiger partial charge on any atom is 0.213 e. The van der Waals surface area contributed by atoms with Gasteiger partial charge in [0.25, 0.3) is 0 Å². The van der Waals surface area contributed by atoms with Gasteiger partial charge < -0.3 is 24.9 Å². The van der Waals surface area contributed by atoms with Crippen LogP contribution in [-0.4, -0.2) is 55.6 Å². The van der Waals surface area contributed by atoms with Crippen LogP contribution in [0.1, 0.15) is 44.9 Å². The molecule has 3 rings (SSSR count). The molecule has 9 heteroatoms. The van der Waals surface area contributed by atoms with Crippen LogP contribution in [0.2, 0.25) is 5.02 Å². The minimum absolute atomic E-state index is 0. The smallest absolute Gasteiger partial charge is 0.213 e. The minimum Gasteiger partial charge on any atom is -0.443 e. The molecule has 178 valence electrons. The van der Waals surface area contributed by atoms with Crippen molar-refractivity contribution in [2.24, 2.45) is 4.99 Å². The highest BCUT2D eigenvalue weighted by atomic mass is 127. The fourth-order valence-electron chi connectivity index (χ4n) is 3.45. The summed E-state index contributed by atoms with van der Waals surface area (Å²) in [5.41, 5.74) is 2.16. The molecule has 0 amide bonds. The van der Waals surface area contributed by atoms with Gasteiger partial charge in [-0.05, 0) is 26.1 Å². The first kappa shape index (κ1) is 26.7. The van der Waals surface area contributed by atoms with Crippen molar-refractivity contribution in [3.63, 3.8) is 0 Å². The maximum atomic E-state index is 6.58. The van der Waals surface area contributed by atoms with Gasteiger partial charge in [0.2, 0.25) is 5.89 Å². The predicted molar refractivity (Wildman–Crippen MR) is 143 cm³/mol. The van der Waals surface area contributed by atoms with Crippen molar-refractivity contribution in [1.29, 1.82) is 0 Å². The van der Waals surface area contributed by atoms with Crippen LogP contribution >= 0.6 is 35.6 Å². The van der Waals surface area contributed by atoms with Gasteiger partial charge in [-0.1, -0.05) is 38.4 Å². The second-order valence-electron chi connectivity index (χ2n) is 8.94. The van der Waals surface area contributed by atoms with E-state index in [1.807, 2.05) is 19.1 Å². The van der Waals surface area contributed by atoms with E-state index < -0.39 is 0 Å². The molecule has 32 heavy (non-hydrogen) atoms. The van der Waals surface area contributed by atoms with Crippen molar-refractivity contribution in [2.45, 2.75) is 46.2 Å². The van der Waals surface area contributed by atoms with Gasteiger partial charge in [0.05, 0.1) is 19.3 Å². The second kappa shape index (κ2) is 12.1. The van der Waals surface area contributed by atoms with E-state index in [2.05, 4.69) is 59.3 Å². The molecule has 0 atom stereocenters. The van der Waals surface area contributed by atoms with Crippen LogP contribution in [0.3, 0.4) is 0 Å². The van der Waals surface area contributed by atoms with Crippen LogP contribution in [0.5, 0.6) is 0 Å². The summed E-state index contributed by atoms with van der Waals surface area (Å²) in [7, 11) is 2.16. The molecule has 1 aliphatic rings. The van der Waals surface area contributed by atoms with Crippen LogP contribution in [0, 0.1) is 0 Å². The lowest BCUT2D eigenvalue weighted by atomic mass is 9.94. The Labute approximate surface area is 214 Å². The Morgan fingerprint density at radius 1 is 1.19 bits per heavy atom. The Morgan fingerprint density at radius 2 is 1.91 bits per heavy atom. The van der Waals surface area contributed by atoms with Crippen molar-refractivity contribution in [1.82, 2.24) is 20.5 Å². The first-order valence-corrected chi connectivity index (χ1v) is 11.3. The Hall–Kier alpha value is -1.52. The van der Waals surface area contributed by atoms with E-state index in [4.69, 9.17) is 21.0 Å². The lowest BCUT2D eigenvalue weighted by Crippen LogP contribution is -2.44. The molecule has 2 heterocycles. The molecule has 0 radical (unpaired) electrons. The summed E-state index contributed by atoms with van der Waals surface area (Å²) in [6.45, 7) is 14.2. The van der Waals surface area contributed by atoms with Gasteiger partial charge in [-0.3, -0.25) is 0 Å². The van der Waals surface area contributed by atoms with Crippen LogP contribution in [0.25, 0.3) is 0 Å². The largest absolute Gasteiger partial charge is 0.443 e. The summed E-state index contributed by atoms with van der Waals surface area (Å²) in [5, 5.41) is 7.35. The number of nitrogens with zero attached hydrogens (tertiary/aromatic N) is 4. The van der Waals surface area contributed by atoms with Gasteiger partial charge in [-0.25, -0.2) is 9.98 Å². The molecule has 1 aromatic heterocycles. The summed E-state index contributed by atoms with van der Waals surface area (Å²) < 4.78 is 5.88. The molecule has 1 aromatic carbocycles. The van der Waals surface area contributed by atoms with Crippen LogP contribution in [0.4, 0.5) is 5.69 Å². The third-order valence-electron chi connectivity index (χ3n) is 5.38. The Bertz CT molecular complexity index is 887. The Morgan fingerprint density at radius 3 is 2.53 bits per heavy atom. The van der Waals surface area contributed by atoms with Crippen LogP contribution < -0.4 is 15.5 Å². The number of hydrogen-bond acceptors (Lipinski definition) is 5. The molecule has 0 aliphatic carbocycles. The predicted octanol–water partition coefficient (Wildman–Crippen LogP) is 4.25. The van der Waals surface area contributed by atoms with Crippen LogP contribution in [0.15, 0.2) is 33.8 Å². The van der Waals surface area contributed by atoms with Gasteiger partial charge in [0, 0.05) is 54.4 Å². The molecule has 0 saturated carbocycles. The average molecular weight is 575 g/mol. The van der Waals surface area contributed by atoms with E-state index in [1.54, 1.807) is 6.20 Å². The molecule has 0 spiro atoms. The molecule has 7 nitrogen and oxygen atoms in total. The van der Waals surface area contributed by atoms with E-state index in [0.29, 0.717) is 24.9 Å². The van der Waals surface area contributed by atoms with E-state index >= 15 is 0 Å². The number of guanidine groups is 1. The first-order chi connectivity index (χ1) is 14.8. The lowest BCUT2D eigenvalue weighted by Gasteiger charge is -2.35. The maximum absolute atomic E-state index is 6.58. The average Bonchev–Trinajstić information content (AvgIpc) is 3.21. The van der Waals surface area contributed by atoms with Crippen molar-refractivity contribution in [3.8, 4) is 0 Å². The third kappa shape index (κ3) is 7.25. The normalized spacial score (nSPS) is 15.4. The van der Waals surface area contributed by atoms with Gasteiger partial charge in [0.15, 0.2) is 5.96 Å². The molecular formula is C23H36ClIN6O. The molecule has 1 aliphatic heterocycles. The van der Waals surface area contributed by atoms with Crippen molar-refractivity contribution in [2.75, 3.05) is 44.7 Å². The molecule has 2 aromatic rings. The van der Waals surface area contributed by atoms with E-state index in [1.165, 1.54) is 5.69 Å². The minimum atomic E-state index is -0.0619. The highest BCUT2D eigenvalue weighted by Crippen LogP contribution is 2.29. The highest BCUT2D eigenvalue weighted by molar-refractivity contribution is 14.0. The summed E-state index contributed by atoms with van der Waals surface area (Å²) >= 11 is 6.58. The van der Waals surface area contributed by atoms with Gasteiger partial charge in [0.1, 0.15) is 5.76 Å². The van der Waals surface area contributed by atoms with Gasteiger partial charge in [-0.15, -0.1) is 24.0 Å². The topological polar surface area (TPSA) is 68.9 Å². The number of likely N-dealkylation sites (N-methyl/N-ethyl adjacent to an activating group) is 1. The lowest BCUT2D eigenvalue weighted by molar-refractivity contribution is 0.312. The van der Waals surface area contributed by atoms with E-state index in [9.17, 15) is 0 Å². The van der Waals surface area contributed by atoms with Crippen molar-refractivity contribution >= 4 is 47.2 Å². The monoisotopic (exact) mass is 574 g/mol.